The highest BCUT2D eigenvalue weighted by Crippen LogP contribution is 2.50. The molecule has 1 aliphatic rings. The molecule has 0 radical (unpaired) electrons. The summed E-state index contributed by atoms with van der Waals surface area (Å²) in [5.41, 5.74) is 1.57. The molecule has 1 fully saturated rings. The van der Waals surface area contributed by atoms with Crippen molar-refractivity contribution in [3.05, 3.63) is 34.9 Å². The average Bonchev–Trinajstić information content (AvgIpc) is 2.82. The van der Waals surface area contributed by atoms with Crippen molar-refractivity contribution in [2.24, 2.45) is 5.41 Å². The summed E-state index contributed by atoms with van der Waals surface area (Å²) in [6.45, 7) is 5.90. The molecule has 1 unspecified atom stereocenters. The highest BCUT2D eigenvalue weighted by atomic mass is 16.3. The molecule has 0 aliphatic heterocycles. The Hall–Kier alpha value is -1.33. The van der Waals surface area contributed by atoms with E-state index < -0.39 is 11.0 Å². The molecular weight excluding hydrogens is 222 g/mol. The first-order valence-electron chi connectivity index (χ1n) is 6.64. The van der Waals surface area contributed by atoms with E-state index in [4.69, 9.17) is 0 Å². The zero-order valence-corrected chi connectivity index (χ0v) is 11.5. The van der Waals surface area contributed by atoms with E-state index in [1.54, 1.807) is 6.92 Å². The van der Waals surface area contributed by atoms with Gasteiger partial charge in [-0.05, 0) is 50.3 Å². The number of aliphatic hydroxyl groups is 1. The lowest BCUT2D eigenvalue weighted by Gasteiger charge is -2.38. The topological polar surface area (TPSA) is 44.0 Å². The molecule has 1 aromatic rings. The van der Waals surface area contributed by atoms with Crippen LogP contribution in [0.15, 0.2) is 18.2 Å². The van der Waals surface area contributed by atoms with Crippen LogP contribution in [0.2, 0.25) is 0 Å². The largest absolute Gasteiger partial charge is 0.384 e. The normalized spacial score (nSPS) is 21.3. The Labute approximate surface area is 109 Å². The monoisotopic (exact) mass is 243 g/mol. The highest BCUT2D eigenvalue weighted by molar-refractivity contribution is 5.36. The smallest absolute Gasteiger partial charge is 0.105 e. The van der Waals surface area contributed by atoms with E-state index in [-0.39, 0.29) is 0 Å². The Morgan fingerprint density at radius 3 is 2.33 bits per heavy atom. The lowest BCUT2D eigenvalue weighted by atomic mass is 9.69. The zero-order valence-electron chi connectivity index (χ0n) is 11.5. The van der Waals surface area contributed by atoms with Crippen LogP contribution in [0.1, 0.15) is 49.3 Å². The predicted molar refractivity (Wildman–Crippen MR) is 72.0 cm³/mol. The molecule has 0 saturated heterocycles. The third kappa shape index (κ3) is 1.83. The van der Waals surface area contributed by atoms with Gasteiger partial charge in [0.2, 0.25) is 0 Å². The fraction of sp³-hybridized carbons (Fsp3) is 0.562. The Morgan fingerprint density at radius 2 is 1.83 bits per heavy atom. The summed E-state index contributed by atoms with van der Waals surface area (Å²) in [7, 11) is 0. The molecular formula is C16H21NO. The summed E-state index contributed by atoms with van der Waals surface area (Å²) in [6, 6.07) is 8.41. The van der Waals surface area contributed by atoms with Crippen molar-refractivity contribution in [3.8, 4) is 6.07 Å². The highest BCUT2D eigenvalue weighted by Gasteiger charge is 2.50. The molecule has 96 valence electrons. The number of benzene rings is 1. The minimum absolute atomic E-state index is 0.616. The van der Waals surface area contributed by atoms with Crippen molar-refractivity contribution in [2.75, 3.05) is 0 Å². The molecule has 18 heavy (non-hydrogen) atoms. The third-order valence-electron chi connectivity index (χ3n) is 4.67. The number of nitriles is 1. The molecule has 1 atom stereocenters. The third-order valence-corrected chi connectivity index (χ3v) is 4.67. The van der Waals surface area contributed by atoms with Gasteiger partial charge in [-0.3, -0.25) is 0 Å². The number of rotatable bonds is 2. The van der Waals surface area contributed by atoms with Gasteiger partial charge in [0.25, 0.3) is 0 Å². The molecule has 1 saturated carbocycles. The maximum atomic E-state index is 10.9. The van der Waals surface area contributed by atoms with E-state index in [0.717, 1.165) is 31.2 Å². The Balaban J connectivity index is 2.47. The van der Waals surface area contributed by atoms with Crippen molar-refractivity contribution >= 4 is 0 Å². The molecule has 0 aromatic heterocycles. The van der Waals surface area contributed by atoms with Gasteiger partial charge in [0.15, 0.2) is 0 Å². The standard InChI is InChI=1S/C16H21NO/c1-12-6-7-14(10-13(12)2)15(3,18)16(11-17)8-4-5-9-16/h6-7,10,18H,4-5,8-9H2,1-3H3. The fourth-order valence-corrected chi connectivity index (χ4v) is 3.01. The van der Waals surface area contributed by atoms with Crippen LogP contribution in [-0.4, -0.2) is 5.11 Å². The van der Waals surface area contributed by atoms with Crippen LogP contribution in [0, 0.1) is 30.6 Å². The summed E-state index contributed by atoms with van der Waals surface area (Å²) in [4.78, 5) is 0. The van der Waals surface area contributed by atoms with Gasteiger partial charge < -0.3 is 5.11 Å². The van der Waals surface area contributed by atoms with Crippen LogP contribution < -0.4 is 0 Å². The summed E-state index contributed by atoms with van der Waals surface area (Å²) in [5.74, 6) is 0. The van der Waals surface area contributed by atoms with E-state index in [2.05, 4.69) is 13.0 Å². The van der Waals surface area contributed by atoms with Gasteiger partial charge in [0.05, 0.1) is 11.5 Å². The SMILES string of the molecule is Cc1ccc(C(C)(O)C2(C#N)CCCC2)cc1C. The Morgan fingerprint density at radius 1 is 1.22 bits per heavy atom. The van der Waals surface area contributed by atoms with Crippen LogP contribution in [0.3, 0.4) is 0 Å². The van der Waals surface area contributed by atoms with Crippen molar-refractivity contribution in [3.63, 3.8) is 0 Å². The van der Waals surface area contributed by atoms with Crippen molar-refractivity contribution in [1.82, 2.24) is 0 Å². The van der Waals surface area contributed by atoms with Crippen molar-refractivity contribution in [2.45, 2.75) is 52.1 Å². The molecule has 0 bridgehead atoms. The minimum atomic E-state index is -1.06. The van der Waals surface area contributed by atoms with Gasteiger partial charge in [-0.2, -0.15) is 5.26 Å². The predicted octanol–water partition coefficient (Wildman–Crippen LogP) is 3.59. The average molecular weight is 243 g/mol. The van der Waals surface area contributed by atoms with Crippen LogP contribution in [-0.2, 0) is 5.60 Å². The van der Waals surface area contributed by atoms with Crippen LogP contribution in [0.5, 0.6) is 0 Å². The van der Waals surface area contributed by atoms with Crippen LogP contribution in [0.25, 0.3) is 0 Å². The van der Waals surface area contributed by atoms with Gasteiger partial charge >= 0.3 is 0 Å². The number of hydrogen-bond donors (Lipinski definition) is 1. The quantitative estimate of drug-likeness (QED) is 0.862. The van der Waals surface area contributed by atoms with Gasteiger partial charge in [-0.1, -0.05) is 31.0 Å². The minimum Gasteiger partial charge on any atom is -0.384 e. The van der Waals surface area contributed by atoms with Gasteiger partial charge in [-0.15, -0.1) is 0 Å². The summed E-state index contributed by atoms with van der Waals surface area (Å²) in [5, 5.41) is 20.5. The second-order valence-corrected chi connectivity index (χ2v) is 5.77. The van der Waals surface area contributed by atoms with Crippen molar-refractivity contribution < 1.29 is 5.11 Å². The summed E-state index contributed by atoms with van der Waals surface area (Å²) >= 11 is 0. The maximum Gasteiger partial charge on any atom is 0.105 e. The second kappa shape index (κ2) is 4.40. The number of aryl methyl sites for hydroxylation is 2. The first-order valence-corrected chi connectivity index (χ1v) is 6.64. The first-order chi connectivity index (χ1) is 8.43. The lowest BCUT2D eigenvalue weighted by Crippen LogP contribution is -2.40. The maximum absolute atomic E-state index is 10.9. The zero-order chi connectivity index (χ0) is 13.4. The molecule has 0 spiro atoms. The molecule has 0 amide bonds. The fourth-order valence-electron chi connectivity index (χ4n) is 3.01. The van der Waals surface area contributed by atoms with Crippen molar-refractivity contribution in [1.29, 1.82) is 5.26 Å². The Bertz CT molecular complexity index is 490. The number of nitrogens with zero attached hydrogens (tertiary/aromatic N) is 1. The molecule has 0 heterocycles. The van der Waals surface area contributed by atoms with Gasteiger partial charge in [0.1, 0.15) is 5.60 Å². The molecule has 1 aliphatic carbocycles. The summed E-state index contributed by atoms with van der Waals surface area (Å²) < 4.78 is 0. The molecule has 2 rings (SSSR count). The molecule has 2 nitrogen and oxygen atoms in total. The van der Waals surface area contributed by atoms with E-state index in [1.165, 1.54) is 11.1 Å². The van der Waals surface area contributed by atoms with Gasteiger partial charge in [0, 0.05) is 0 Å². The van der Waals surface area contributed by atoms with E-state index in [0.29, 0.717) is 0 Å². The van der Waals surface area contributed by atoms with Crippen LogP contribution in [0.4, 0.5) is 0 Å². The summed E-state index contributed by atoms with van der Waals surface area (Å²) in [6.07, 6.45) is 3.66. The van der Waals surface area contributed by atoms with E-state index >= 15 is 0 Å². The van der Waals surface area contributed by atoms with E-state index in [9.17, 15) is 10.4 Å². The molecule has 1 N–H and O–H groups in total. The molecule has 2 heteroatoms. The second-order valence-electron chi connectivity index (χ2n) is 5.77. The molecule has 1 aromatic carbocycles. The lowest BCUT2D eigenvalue weighted by molar-refractivity contribution is -0.0422. The number of hydrogen-bond acceptors (Lipinski definition) is 2. The van der Waals surface area contributed by atoms with E-state index in [1.807, 2.05) is 25.1 Å². The van der Waals surface area contributed by atoms with Crippen LogP contribution >= 0.6 is 0 Å². The van der Waals surface area contributed by atoms with Gasteiger partial charge in [-0.25, -0.2) is 0 Å². The Kier molecular flexibility index (Phi) is 3.21. The first kappa shape index (κ1) is 13.1.